The summed E-state index contributed by atoms with van der Waals surface area (Å²) in [6, 6.07) is 15.8. The normalized spacial score (nSPS) is 11.1. The van der Waals surface area contributed by atoms with Gasteiger partial charge in [0, 0.05) is 10.9 Å². The number of hydrogen-bond acceptors (Lipinski definition) is 3. The van der Waals surface area contributed by atoms with Gasteiger partial charge in [-0.1, -0.05) is 42.0 Å². The quantitative estimate of drug-likeness (QED) is 0.484. The number of aromatic amines is 1. The maximum atomic E-state index is 13.3. The van der Waals surface area contributed by atoms with E-state index in [0.29, 0.717) is 10.2 Å². The van der Waals surface area contributed by atoms with E-state index in [1.807, 2.05) is 35.7 Å². The summed E-state index contributed by atoms with van der Waals surface area (Å²) in [5.74, 6) is 0. The van der Waals surface area contributed by atoms with Gasteiger partial charge in [-0.15, -0.1) is 11.3 Å². The molecule has 0 spiro atoms. The Bertz CT molecular complexity index is 1200. The lowest BCUT2D eigenvalue weighted by atomic mass is 9.99. The van der Waals surface area contributed by atoms with Crippen LogP contribution in [0.4, 0.5) is 0 Å². The highest BCUT2D eigenvalue weighted by atomic mass is 32.1. The predicted molar refractivity (Wildman–Crippen MR) is 108 cm³/mol. The molecule has 0 aliphatic heterocycles. The molecule has 4 aromatic rings. The van der Waals surface area contributed by atoms with Crippen LogP contribution in [0.2, 0.25) is 0 Å². The molecule has 2 heterocycles. The minimum atomic E-state index is -0.0822. The first-order valence-corrected chi connectivity index (χ1v) is 9.24. The molecule has 0 saturated carbocycles. The summed E-state index contributed by atoms with van der Waals surface area (Å²) in [4.78, 5) is 17.3. The minimum absolute atomic E-state index is 0.0822. The Balaban J connectivity index is 2.07. The lowest BCUT2D eigenvalue weighted by Crippen LogP contribution is -2.20. The first kappa shape index (κ1) is 16.0. The number of benzene rings is 2. The van der Waals surface area contributed by atoms with Crippen LogP contribution in [-0.4, -0.2) is 9.55 Å². The van der Waals surface area contributed by atoms with Gasteiger partial charge in [0.05, 0.1) is 11.1 Å². The molecular weight excluding hydrogens is 348 g/mol. The number of fused-ring (bicyclic) bond motifs is 1. The Morgan fingerprint density at radius 1 is 1.04 bits per heavy atom. The number of nitrogens with zero attached hydrogens (tertiary/aromatic N) is 1. The second kappa shape index (κ2) is 6.10. The zero-order valence-corrected chi connectivity index (χ0v) is 15.5. The molecule has 124 valence electrons. The first-order valence-electron chi connectivity index (χ1n) is 7.96. The number of thiophene rings is 1. The van der Waals surface area contributed by atoms with Gasteiger partial charge in [0.15, 0.2) is 4.77 Å². The van der Waals surface area contributed by atoms with Crippen LogP contribution >= 0.6 is 23.6 Å². The molecule has 0 aliphatic rings. The van der Waals surface area contributed by atoms with Crippen LogP contribution < -0.4 is 5.56 Å². The summed E-state index contributed by atoms with van der Waals surface area (Å²) < 4.78 is 1.98. The van der Waals surface area contributed by atoms with Crippen molar-refractivity contribution in [2.45, 2.75) is 13.8 Å². The van der Waals surface area contributed by atoms with E-state index in [1.54, 1.807) is 4.57 Å². The largest absolute Gasteiger partial charge is 0.323 e. The van der Waals surface area contributed by atoms with Crippen molar-refractivity contribution in [1.29, 1.82) is 0 Å². The van der Waals surface area contributed by atoms with E-state index < -0.39 is 0 Å². The van der Waals surface area contributed by atoms with E-state index in [2.05, 4.69) is 37.0 Å². The molecule has 1 N–H and O–H groups in total. The van der Waals surface area contributed by atoms with Gasteiger partial charge in [-0.05, 0) is 49.3 Å². The van der Waals surface area contributed by atoms with Crippen molar-refractivity contribution in [2.24, 2.45) is 0 Å². The molecule has 0 unspecified atom stereocenters. The van der Waals surface area contributed by atoms with Gasteiger partial charge in [-0.25, -0.2) is 0 Å². The van der Waals surface area contributed by atoms with E-state index in [9.17, 15) is 4.79 Å². The van der Waals surface area contributed by atoms with E-state index in [1.165, 1.54) is 16.9 Å². The topological polar surface area (TPSA) is 37.8 Å². The third-order valence-electron chi connectivity index (χ3n) is 4.32. The number of aryl methyl sites for hydroxylation is 2. The lowest BCUT2D eigenvalue weighted by Gasteiger charge is -2.09. The van der Waals surface area contributed by atoms with Gasteiger partial charge in [0.2, 0.25) is 0 Å². The second-order valence-corrected chi connectivity index (χ2v) is 7.34. The van der Waals surface area contributed by atoms with Gasteiger partial charge in [-0.2, -0.15) is 0 Å². The van der Waals surface area contributed by atoms with Gasteiger partial charge in [0.1, 0.15) is 4.83 Å². The molecule has 0 radical (unpaired) electrons. The summed E-state index contributed by atoms with van der Waals surface area (Å²) in [6.07, 6.45) is 0. The predicted octanol–water partition coefficient (Wildman–Crippen LogP) is 5.39. The average Bonchev–Trinajstić information content (AvgIpc) is 2.99. The van der Waals surface area contributed by atoms with Crippen LogP contribution in [-0.2, 0) is 0 Å². The van der Waals surface area contributed by atoms with Crippen LogP contribution in [0.5, 0.6) is 0 Å². The second-order valence-electron chi connectivity index (χ2n) is 6.08. The monoisotopic (exact) mass is 364 g/mol. The maximum Gasteiger partial charge on any atom is 0.268 e. The summed E-state index contributed by atoms with van der Waals surface area (Å²) in [7, 11) is 0. The van der Waals surface area contributed by atoms with Crippen molar-refractivity contribution >= 4 is 33.8 Å². The lowest BCUT2D eigenvalue weighted by molar-refractivity contribution is 0.943. The van der Waals surface area contributed by atoms with E-state index in [0.717, 1.165) is 27.2 Å². The van der Waals surface area contributed by atoms with Gasteiger partial charge < -0.3 is 4.98 Å². The first-order chi connectivity index (χ1) is 12.1. The number of nitrogens with one attached hydrogen (secondary N) is 1. The van der Waals surface area contributed by atoms with Crippen molar-refractivity contribution < 1.29 is 0 Å². The van der Waals surface area contributed by atoms with Crippen LogP contribution in [0.15, 0.2) is 58.7 Å². The summed E-state index contributed by atoms with van der Waals surface area (Å²) in [5.41, 5.74) is 5.10. The molecule has 0 atom stereocenters. The number of H-pyrrole nitrogens is 1. The number of aromatic nitrogens is 2. The van der Waals surface area contributed by atoms with Crippen LogP contribution in [0.1, 0.15) is 11.1 Å². The molecule has 0 amide bonds. The van der Waals surface area contributed by atoms with E-state index in [-0.39, 0.29) is 5.56 Å². The van der Waals surface area contributed by atoms with Crippen molar-refractivity contribution in [3.63, 3.8) is 0 Å². The van der Waals surface area contributed by atoms with Crippen LogP contribution in [0.3, 0.4) is 0 Å². The molecule has 0 saturated heterocycles. The Morgan fingerprint density at radius 2 is 1.80 bits per heavy atom. The molecule has 0 aliphatic carbocycles. The molecular formula is C20H16N2OS2. The van der Waals surface area contributed by atoms with Crippen molar-refractivity contribution in [3.8, 4) is 16.8 Å². The Kier molecular flexibility index (Phi) is 3.90. The highest BCUT2D eigenvalue weighted by molar-refractivity contribution is 7.71. The summed E-state index contributed by atoms with van der Waals surface area (Å²) in [6.45, 7) is 4.15. The van der Waals surface area contributed by atoms with Crippen molar-refractivity contribution in [2.75, 3.05) is 0 Å². The zero-order valence-electron chi connectivity index (χ0n) is 13.9. The SMILES string of the molecule is Cc1ccc(-c2csc3[nH]c(=S)n(-c4ccccc4)c(=O)c23)c(C)c1. The molecule has 4 rings (SSSR count). The molecule has 0 bridgehead atoms. The average molecular weight is 364 g/mol. The Morgan fingerprint density at radius 3 is 2.52 bits per heavy atom. The smallest absolute Gasteiger partial charge is 0.268 e. The van der Waals surface area contributed by atoms with Crippen LogP contribution in [0.25, 0.3) is 27.0 Å². The summed E-state index contributed by atoms with van der Waals surface area (Å²) >= 11 is 6.95. The Hall–Kier alpha value is -2.50. The van der Waals surface area contributed by atoms with Crippen LogP contribution in [0, 0.1) is 18.6 Å². The highest BCUT2D eigenvalue weighted by Gasteiger charge is 2.15. The van der Waals surface area contributed by atoms with Crippen molar-refractivity contribution in [3.05, 3.63) is 80.2 Å². The number of para-hydroxylation sites is 1. The Labute approximate surface area is 154 Å². The number of rotatable bonds is 2. The van der Waals surface area contributed by atoms with Gasteiger partial charge >= 0.3 is 0 Å². The molecule has 2 aromatic heterocycles. The standard InChI is InChI=1S/C20H16N2OS2/c1-12-8-9-15(13(2)10-12)16-11-25-18-17(16)19(23)22(20(24)21-18)14-6-4-3-5-7-14/h3-11H,1-2H3,(H,21,24). The van der Waals surface area contributed by atoms with Gasteiger partial charge in [0.25, 0.3) is 5.56 Å². The molecule has 0 fully saturated rings. The fourth-order valence-electron chi connectivity index (χ4n) is 3.14. The molecule has 25 heavy (non-hydrogen) atoms. The van der Waals surface area contributed by atoms with E-state index >= 15 is 0 Å². The van der Waals surface area contributed by atoms with E-state index in [4.69, 9.17) is 12.2 Å². The zero-order chi connectivity index (χ0) is 17.6. The third-order valence-corrected chi connectivity index (χ3v) is 5.50. The highest BCUT2D eigenvalue weighted by Crippen LogP contribution is 2.33. The minimum Gasteiger partial charge on any atom is -0.323 e. The maximum absolute atomic E-state index is 13.3. The molecule has 2 aromatic carbocycles. The fraction of sp³-hybridized carbons (Fsp3) is 0.100. The van der Waals surface area contributed by atoms with Gasteiger partial charge in [-0.3, -0.25) is 9.36 Å². The molecule has 5 heteroatoms. The number of hydrogen-bond donors (Lipinski definition) is 1. The van der Waals surface area contributed by atoms with Crippen molar-refractivity contribution in [1.82, 2.24) is 9.55 Å². The fourth-order valence-corrected chi connectivity index (χ4v) is 4.45. The third kappa shape index (κ3) is 2.65. The molecule has 3 nitrogen and oxygen atoms in total. The summed E-state index contributed by atoms with van der Waals surface area (Å²) in [5, 5.41) is 2.72.